The number of guanidine groups is 1. The molecule has 1 unspecified atom stereocenters. The molecule has 0 aliphatic rings. The van der Waals surface area contributed by atoms with Crippen molar-refractivity contribution < 1.29 is 13.2 Å². The van der Waals surface area contributed by atoms with Gasteiger partial charge in [0.1, 0.15) is 0 Å². The molecule has 8 heteroatoms. The van der Waals surface area contributed by atoms with Crippen molar-refractivity contribution >= 4 is 16.0 Å². The van der Waals surface area contributed by atoms with E-state index >= 15 is 0 Å². The molecule has 1 aromatic carbocycles. The molecule has 1 atom stereocenters. The van der Waals surface area contributed by atoms with Crippen LogP contribution in [0.4, 0.5) is 0 Å². The average molecular weight is 371 g/mol. The van der Waals surface area contributed by atoms with Crippen LogP contribution in [-0.4, -0.2) is 53.4 Å². The van der Waals surface area contributed by atoms with Gasteiger partial charge in [0.25, 0.3) is 0 Å². The van der Waals surface area contributed by atoms with E-state index in [0.717, 1.165) is 19.2 Å². The van der Waals surface area contributed by atoms with E-state index in [-0.39, 0.29) is 6.10 Å². The normalized spacial score (nSPS) is 13.5. The van der Waals surface area contributed by atoms with Gasteiger partial charge in [-0.05, 0) is 25.8 Å². The van der Waals surface area contributed by atoms with Gasteiger partial charge in [-0.15, -0.1) is 0 Å². The molecule has 142 valence electrons. The molecule has 0 aliphatic carbocycles. The lowest BCUT2D eigenvalue weighted by Gasteiger charge is -2.13. The molecular weight excluding hydrogens is 340 g/mol. The number of sulfonamides is 1. The van der Waals surface area contributed by atoms with Crippen LogP contribution in [0.25, 0.3) is 0 Å². The van der Waals surface area contributed by atoms with Crippen LogP contribution in [0.3, 0.4) is 0 Å². The second-order valence-electron chi connectivity index (χ2n) is 5.63. The Morgan fingerprint density at radius 2 is 1.92 bits per heavy atom. The van der Waals surface area contributed by atoms with Crippen molar-refractivity contribution in [3.05, 3.63) is 35.9 Å². The molecule has 1 rings (SSSR count). The van der Waals surface area contributed by atoms with Crippen molar-refractivity contribution in [3.63, 3.8) is 0 Å². The van der Waals surface area contributed by atoms with Gasteiger partial charge in [-0.25, -0.2) is 13.1 Å². The van der Waals surface area contributed by atoms with Crippen LogP contribution in [0.1, 0.15) is 31.9 Å². The summed E-state index contributed by atoms with van der Waals surface area (Å²) in [4.78, 5) is 4.45. The molecule has 0 aromatic heterocycles. The number of rotatable bonds is 11. The van der Waals surface area contributed by atoms with Gasteiger partial charge in [0.2, 0.25) is 10.0 Å². The topological polar surface area (TPSA) is 91.8 Å². The van der Waals surface area contributed by atoms with Crippen molar-refractivity contribution in [2.24, 2.45) is 4.99 Å². The largest absolute Gasteiger partial charge is 0.374 e. The zero-order valence-corrected chi connectivity index (χ0v) is 16.1. The summed E-state index contributed by atoms with van der Waals surface area (Å²) >= 11 is 0. The van der Waals surface area contributed by atoms with E-state index in [4.69, 9.17) is 4.74 Å². The highest BCUT2D eigenvalue weighted by molar-refractivity contribution is 7.88. The molecule has 0 spiro atoms. The number of hydrogen-bond donors (Lipinski definition) is 3. The molecule has 0 saturated heterocycles. The van der Waals surface area contributed by atoms with E-state index in [9.17, 15) is 8.42 Å². The lowest BCUT2D eigenvalue weighted by Crippen LogP contribution is -2.41. The van der Waals surface area contributed by atoms with E-state index in [0.29, 0.717) is 32.2 Å². The molecule has 0 aliphatic heterocycles. The summed E-state index contributed by atoms with van der Waals surface area (Å²) in [5.41, 5.74) is 1.17. The fourth-order valence-corrected chi connectivity index (χ4v) is 2.57. The highest BCUT2D eigenvalue weighted by Crippen LogP contribution is 2.15. The van der Waals surface area contributed by atoms with Crippen molar-refractivity contribution in [3.8, 4) is 0 Å². The average Bonchev–Trinajstić information content (AvgIpc) is 2.58. The standard InChI is InChI=1S/C17H30N4O3S/c1-4-18-17(20-12-13-21-25(3,22)23)19-11-8-14-24-15(2)16-9-6-5-7-10-16/h5-7,9-10,15,21H,4,8,11-14H2,1-3H3,(H2,18,19,20). The maximum atomic E-state index is 11.0. The van der Waals surface area contributed by atoms with Crippen LogP contribution in [0.5, 0.6) is 0 Å². The van der Waals surface area contributed by atoms with E-state index in [1.165, 1.54) is 5.56 Å². The van der Waals surface area contributed by atoms with Crippen molar-refractivity contribution in [1.29, 1.82) is 0 Å². The first-order valence-corrected chi connectivity index (χ1v) is 10.4. The van der Waals surface area contributed by atoms with E-state index in [2.05, 4.69) is 32.5 Å². The number of ether oxygens (including phenoxy) is 1. The van der Waals surface area contributed by atoms with Crippen molar-refractivity contribution in [2.45, 2.75) is 26.4 Å². The maximum Gasteiger partial charge on any atom is 0.208 e. The summed E-state index contributed by atoms with van der Waals surface area (Å²) in [5, 5.41) is 6.22. The molecule has 0 bridgehead atoms. The summed E-state index contributed by atoms with van der Waals surface area (Å²) in [5.74, 6) is 0.675. The van der Waals surface area contributed by atoms with Gasteiger partial charge in [-0.2, -0.15) is 0 Å². The fraction of sp³-hybridized carbons (Fsp3) is 0.588. The van der Waals surface area contributed by atoms with Crippen LogP contribution in [-0.2, 0) is 14.8 Å². The molecule has 3 N–H and O–H groups in total. The first kappa shape index (κ1) is 21.4. The summed E-state index contributed by atoms with van der Waals surface area (Å²) < 4.78 is 30.3. The first-order valence-electron chi connectivity index (χ1n) is 8.55. The minimum atomic E-state index is -3.16. The van der Waals surface area contributed by atoms with Crippen LogP contribution < -0.4 is 15.4 Å². The first-order chi connectivity index (χ1) is 11.9. The van der Waals surface area contributed by atoms with Crippen LogP contribution in [0, 0.1) is 0 Å². The van der Waals surface area contributed by atoms with Crippen molar-refractivity contribution in [2.75, 3.05) is 39.0 Å². The Bertz CT molecular complexity index is 606. The van der Waals surface area contributed by atoms with Crippen LogP contribution in [0.15, 0.2) is 35.3 Å². The zero-order chi connectivity index (χ0) is 18.5. The number of hydrogen-bond acceptors (Lipinski definition) is 4. The molecule has 25 heavy (non-hydrogen) atoms. The highest BCUT2D eigenvalue weighted by Gasteiger charge is 2.04. The Kier molecular flexibility index (Phi) is 10.1. The van der Waals surface area contributed by atoms with Crippen LogP contribution in [0.2, 0.25) is 0 Å². The fourth-order valence-electron chi connectivity index (χ4n) is 2.09. The molecule has 0 fully saturated rings. The van der Waals surface area contributed by atoms with Crippen LogP contribution >= 0.6 is 0 Å². The Balaban J connectivity index is 2.25. The quantitative estimate of drug-likeness (QED) is 0.310. The molecule has 0 heterocycles. The van der Waals surface area contributed by atoms with Gasteiger partial charge < -0.3 is 15.4 Å². The highest BCUT2D eigenvalue weighted by atomic mass is 32.2. The van der Waals surface area contributed by atoms with Gasteiger partial charge in [0.15, 0.2) is 5.96 Å². The number of nitrogens with zero attached hydrogens (tertiary/aromatic N) is 1. The lowest BCUT2D eigenvalue weighted by molar-refractivity contribution is 0.0652. The summed E-state index contributed by atoms with van der Waals surface area (Å²) in [6, 6.07) is 10.1. The molecule has 0 radical (unpaired) electrons. The molecule has 0 amide bonds. The monoisotopic (exact) mass is 370 g/mol. The van der Waals surface area contributed by atoms with Gasteiger partial charge in [-0.3, -0.25) is 4.99 Å². The summed E-state index contributed by atoms with van der Waals surface area (Å²) in [7, 11) is -3.16. The smallest absolute Gasteiger partial charge is 0.208 e. The number of benzene rings is 1. The molecule has 1 aromatic rings. The Hall–Kier alpha value is -1.64. The molecule has 0 saturated carbocycles. The maximum absolute atomic E-state index is 11.0. The van der Waals surface area contributed by atoms with Crippen molar-refractivity contribution in [1.82, 2.24) is 15.4 Å². The van der Waals surface area contributed by atoms with Gasteiger partial charge >= 0.3 is 0 Å². The predicted molar refractivity (Wildman–Crippen MR) is 102 cm³/mol. The SMILES string of the molecule is CCNC(=NCCCOC(C)c1ccccc1)NCCNS(C)(=O)=O. The second-order valence-corrected chi connectivity index (χ2v) is 7.46. The number of aliphatic imine (C=N–C) groups is 1. The molecule has 7 nitrogen and oxygen atoms in total. The predicted octanol–water partition coefficient (Wildman–Crippen LogP) is 1.26. The third-order valence-electron chi connectivity index (χ3n) is 3.34. The van der Waals surface area contributed by atoms with Gasteiger partial charge in [-0.1, -0.05) is 30.3 Å². The van der Waals surface area contributed by atoms with E-state index in [1.54, 1.807) is 0 Å². The van der Waals surface area contributed by atoms with E-state index < -0.39 is 10.0 Å². The number of nitrogens with one attached hydrogen (secondary N) is 3. The molecular formula is C17H30N4O3S. The third kappa shape index (κ3) is 10.8. The lowest BCUT2D eigenvalue weighted by atomic mass is 10.1. The Morgan fingerprint density at radius 3 is 2.56 bits per heavy atom. The van der Waals surface area contributed by atoms with Gasteiger partial charge in [0.05, 0.1) is 12.4 Å². The Labute approximate surface area is 151 Å². The zero-order valence-electron chi connectivity index (χ0n) is 15.3. The Morgan fingerprint density at radius 1 is 1.20 bits per heavy atom. The second kappa shape index (κ2) is 11.8. The van der Waals surface area contributed by atoms with E-state index in [1.807, 2.05) is 32.0 Å². The summed E-state index contributed by atoms with van der Waals surface area (Å²) in [6.07, 6.45) is 2.02. The third-order valence-corrected chi connectivity index (χ3v) is 4.06. The summed E-state index contributed by atoms with van der Waals surface area (Å²) in [6.45, 7) is 6.83. The van der Waals surface area contributed by atoms with Gasteiger partial charge in [0, 0.05) is 32.8 Å². The minimum absolute atomic E-state index is 0.0682. The minimum Gasteiger partial charge on any atom is -0.374 e.